The van der Waals surface area contributed by atoms with Crippen LogP contribution < -0.4 is 10.5 Å². The van der Waals surface area contributed by atoms with Crippen molar-refractivity contribution in [1.29, 1.82) is 5.26 Å². The maximum Gasteiger partial charge on any atom is 0.258 e. The molecule has 2 N–H and O–H groups in total. The number of aromatic nitrogens is 2. The normalized spacial score (nSPS) is 11.5. The summed E-state index contributed by atoms with van der Waals surface area (Å²) in [5, 5.41) is 13.6. The number of fused-ring (bicyclic) bond motifs is 1. The summed E-state index contributed by atoms with van der Waals surface area (Å²) in [6.45, 7) is 10.5. The number of hydrogen-bond donors (Lipinski definition) is 1. The van der Waals surface area contributed by atoms with Crippen molar-refractivity contribution in [1.82, 2.24) is 10.1 Å². The van der Waals surface area contributed by atoms with Crippen LogP contribution >= 0.6 is 0 Å². The monoisotopic (exact) mass is 420 g/mol. The first kappa shape index (κ1) is 24.1. The van der Waals surface area contributed by atoms with Gasteiger partial charge in [0.15, 0.2) is 0 Å². The minimum absolute atomic E-state index is 0.00290. The Labute approximate surface area is 185 Å². The van der Waals surface area contributed by atoms with Crippen LogP contribution in [0.5, 0.6) is 5.75 Å². The molecule has 1 heterocycles. The smallest absolute Gasteiger partial charge is 0.258 e. The van der Waals surface area contributed by atoms with Gasteiger partial charge in [0.2, 0.25) is 5.82 Å². The van der Waals surface area contributed by atoms with E-state index >= 15 is 0 Å². The van der Waals surface area contributed by atoms with Crippen molar-refractivity contribution in [3.05, 3.63) is 53.1 Å². The van der Waals surface area contributed by atoms with E-state index in [1.807, 2.05) is 52.8 Å². The van der Waals surface area contributed by atoms with Crippen molar-refractivity contribution < 1.29 is 9.26 Å². The molecule has 1 aliphatic carbocycles. The van der Waals surface area contributed by atoms with E-state index in [1.54, 1.807) is 12.1 Å². The third kappa shape index (κ3) is 5.93. The average Bonchev–Trinajstić information content (AvgIpc) is 3.45. The summed E-state index contributed by atoms with van der Waals surface area (Å²) in [7, 11) is 0. The number of benzene rings is 2. The van der Waals surface area contributed by atoms with Gasteiger partial charge in [0, 0.05) is 11.1 Å². The summed E-state index contributed by atoms with van der Waals surface area (Å²) in [6.07, 6.45) is 3.33. The zero-order chi connectivity index (χ0) is 22.8. The molecule has 0 radical (unpaired) electrons. The molecule has 164 valence electrons. The Morgan fingerprint density at radius 2 is 1.94 bits per heavy atom. The summed E-state index contributed by atoms with van der Waals surface area (Å²) in [4.78, 5) is 4.57. The third-order valence-corrected chi connectivity index (χ3v) is 4.52. The highest BCUT2D eigenvalue weighted by Crippen LogP contribution is 2.32. The summed E-state index contributed by atoms with van der Waals surface area (Å²) in [6, 6.07) is 13.8. The topological polar surface area (TPSA) is 98.0 Å². The van der Waals surface area contributed by atoms with E-state index in [9.17, 15) is 5.26 Å². The number of aryl methyl sites for hydroxylation is 1. The van der Waals surface area contributed by atoms with Crippen LogP contribution in [0, 0.1) is 11.3 Å². The summed E-state index contributed by atoms with van der Waals surface area (Å²) < 4.78 is 11.1. The van der Waals surface area contributed by atoms with Gasteiger partial charge in [-0.15, -0.1) is 0 Å². The lowest BCUT2D eigenvalue weighted by Gasteiger charge is -2.11. The average molecular weight is 421 g/mol. The lowest BCUT2D eigenvalue weighted by atomic mass is 10.0. The first-order chi connectivity index (χ1) is 15.1. The Balaban J connectivity index is 0.000000630. The number of nitriles is 1. The number of nitrogens with zero attached hydrogens (tertiary/aromatic N) is 3. The van der Waals surface area contributed by atoms with Crippen LogP contribution in [0.4, 0.5) is 0 Å². The SMILES string of the molecule is CC.CC(C)Oc1ccc(-c2nc(-c3cccc4c3CCC4)no2)cc1C#N.CCN. The van der Waals surface area contributed by atoms with Gasteiger partial charge in [0.25, 0.3) is 5.89 Å². The van der Waals surface area contributed by atoms with Crippen molar-refractivity contribution in [2.45, 2.75) is 60.0 Å². The largest absolute Gasteiger partial charge is 0.490 e. The first-order valence-corrected chi connectivity index (χ1v) is 10.9. The zero-order valence-electron chi connectivity index (χ0n) is 19.1. The fourth-order valence-electron chi connectivity index (χ4n) is 3.39. The molecule has 6 heteroatoms. The van der Waals surface area contributed by atoms with Crippen LogP contribution in [0.2, 0.25) is 0 Å². The Hall–Kier alpha value is -3.17. The van der Waals surface area contributed by atoms with E-state index in [0.29, 0.717) is 28.6 Å². The minimum Gasteiger partial charge on any atom is -0.490 e. The van der Waals surface area contributed by atoms with E-state index in [2.05, 4.69) is 22.3 Å². The summed E-state index contributed by atoms with van der Waals surface area (Å²) in [5.41, 5.74) is 9.74. The molecule has 1 aliphatic rings. The molecule has 0 spiro atoms. The minimum atomic E-state index is 0.00290. The van der Waals surface area contributed by atoms with Gasteiger partial charge in [-0.25, -0.2) is 0 Å². The number of nitrogens with two attached hydrogens (primary N) is 1. The van der Waals surface area contributed by atoms with Crippen LogP contribution in [-0.4, -0.2) is 22.8 Å². The molecule has 1 aromatic heterocycles. The Bertz CT molecular complexity index is 1020. The van der Waals surface area contributed by atoms with Crippen molar-refractivity contribution >= 4 is 0 Å². The van der Waals surface area contributed by atoms with Crippen LogP contribution in [0.15, 0.2) is 40.9 Å². The molecule has 0 bridgehead atoms. The molecule has 31 heavy (non-hydrogen) atoms. The molecule has 0 atom stereocenters. The Morgan fingerprint density at radius 1 is 1.19 bits per heavy atom. The van der Waals surface area contributed by atoms with Crippen molar-refractivity contribution in [2.24, 2.45) is 5.73 Å². The van der Waals surface area contributed by atoms with Gasteiger partial charge in [-0.3, -0.25) is 0 Å². The van der Waals surface area contributed by atoms with Gasteiger partial charge < -0.3 is 15.0 Å². The second-order valence-electron chi connectivity index (χ2n) is 7.12. The number of hydrogen-bond acceptors (Lipinski definition) is 6. The van der Waals surface area contributed by atoms with Gasteiger partial charge in [-0.1, -0.05) is 44.1 Å². The quantitative estimate of drug-likeness (QED) is 0.595. The van der Waals surface area contributed by atoms with E-state index in [1.165, 1.54) is 17.5 Å². The van der Waals surface area contributed by atoms with Crippen LogP contribution in [0.3, 0.4) is 0 Å². The number of ether oxygens (including phenoxy) is 1. The molecule has 0 fully saturated rings. The van der Waals surface area contributed by atoms with Gasteiger partial charge in [0.05, 0.1) is 11.7 Å². The van der Waals surface area contributed by atoms with E-state index in [-0.39, 0.29) is 6.10 Å². The molecule has 4 rings (SSSR count). The van der Waals surface area contributed by atoms with Gasteiger partial charge in [-0.2, -0.15) is 10.2 Å². The zero-order valence-corrected chi connectivity index (χ0v) is 19.1. The Morgan fingerprint density at radius 3 is 2.61 bits per heavy atom. The molecular weight excluding hydrogens is 388 g/mol. The van der Waals surface area contributed by atoms with Crippen molar-refractivity contribution in [2.75, 3.05) is 6.54 Å². The standard InChI is InChI=1S/C21H19N3O2.C2H7N.C2H6/c1-13(2)25-19-10-9-15(11-16(19)12-22)21-23-20(24-26-21)18-8-4-6-14-5-3-7-17(14)18;1-2-3;1-2/h4,6,8-11,13H,3,5,7H2,1-2H3;2-3H2,1H3;1-2H3. The second kappa shape index (κ2) is 11.9. The van der Waals surface area contributed by atoms with E-state index < -0.39 is 0 Å². The van der Waals surface area contributed by atoms with Crippen LogP contribution in [-0.2, 0) is 12.8 Å². The molecule has 3 aromatic rings. The van der Waals surface area contributed by atoms with E-state index in [4.69, 9.17) is 15.0 Å². The molecule has 0 unspecified atom stereocenters. The number of rotatable bonds is 4. The van der Waals surface area contributed by atoms with Gasteiger partial charge in [-0.05, 0) is 69.0 Å². The highest BCUT2D eigenvalue weighted by Gasteiger charge is 2.19. The maximum absolute atomic E-state index is 9.40. The predicted octanol–water partition coefficient (Wildman–Crippen LogP) is 5.54. The Kier molecular flexibility index (Phi) is 9.23. The lowest BCUT2D eigenvalue weighted by Crippen LogP contribution is -2.06. The first-order valence-electron chi connectivity index (χ1n) is 10.9. The molecular formula is C25H32N4O2. The van der Waals surface area contributed by atoms with Crippen molar-refractivity contribution in [3.63, 3.8) is 0 Å². The molecule has 6 nitrogen and oxygen atoms in total. The van der Waals surface area contributed by atoms with Crippen molar-refractivity contribution in [3.8, 4) is 34.7 Å². The fourth-order valence-corrected chi connectivity index (χ4v) is 3.39. The molecule has 0 aliphatic heterocycles. The highest BCUT2D eigenvalue weighted by molar-refractivity contribution is 5.66. The maximum atomic E-state index is 9.40. The second-order valence-corrected chi connectivity index (χ2v) is 7.12. The van der Waals surface area contributed by atoms with Gasteiger partial charge in [0.1, 0.15) is 11.8 Å². The molecule has 2 aromatic carbocycles. The summed E-state index contributed by atoms with van der Waals surface area (Å²) in [5.74, 6) is 1.56. The predicted molar refractivity (Wildman–Crippen MR) is 124 cm³/mol. The summed E-state index contributed by atoms with van der Waals surface area (Å²) >= 11 is 0. The van der Waals surface area contributed by atoms with E-state index in [0.717, 1.165) is 24.9 Å². The van der Waals surface area contributed by atoms with Gasteiger partial charge >= 0.3 is 0 Å². The van der Waals surface area contributed by atoms with Crippen LogP contribution in [0.25, 0.3) is 22.8 Å². The lowest BCUT2D eigenvalue weighted by molar-refractivity contribution is 0.241. The highest BCUT2D eigenvalue weighted by atomic mass is 16.5. The fraction of sp³-hybridized carbons (Fsp3) is 0.400. The molecule has 0 saturated carbocycles. The third-order valence-electron chi connectivity index (χ3n) is 4.52. The molecule has 0 saturated heterocycles. The molecule has 0 amide bonds. The van der Waals surface area contributed by atoms with Crippen LogP contribution in [0.1, 0.15) is 57.7 Å².